The molecule has 0 unspecified atom stereocenters. The average Bonchev–Trinajstić information content (AvgIpc) is 3.16. The summed E-state index contributed by atoms with van der Waals surface area (Å²) < 4.78 is 2.04. The third-order valence-electron chi connectivity index (χ3n) is 5.30. The molecular formula is C22H28Cl2N4OS. The van der Waals surface area contributed by atoms with E-state index in [4.69, 9.17) is 0 Å². The summed E-state index contributed by atoms with van der Waals surface area (Å²) >= 11 is 1.74. The zero-order valence-corrected chi connectivity index (χ0v) is 19.4. The molecule has 5 nitrogen and oxygen atoms in total. The highest BCUT2D eigenvalue weighted by atomic mass is 35.5. The lowest BCUT2D eigenvalue weighted by Crippen LogP contribution is -2.40. The number of rotatable bonds is 6. The molecule has 1 aliphatic heterocycles. The van der Waals surface area contributed by atoms with Crippen molar-refractivity contribution in [2.24, 2.45) is 5.92 Å². The fourth-order valence-electron chi connectivity index (χ4n) is 3.72. The summed E-state index contributed by atoms with van der Waals surface area (Å²) in [5.74, 6) is 1.65. The van der Waals surface area contributed by atoms with Crippen LogP contribution in [0.2, 0.25) is 0 Å². The number of fused-ring (bicyclic) bond motifs is 1. The molecule has 1 aromatic carbocycles. The second-order valence-corrected chi connectivity index (χ2v) is 8.35. The van der Waals surface area contributed by atoms with Gasteiger partial charge in [0.2, 0.25) is 0 Å². The largest absolute Gasteiger partial charge is 0.339 e. The van der Waals surface area contributed by atoms with E-state index in [1.165, 1.54) is 0 Å². The number of likely N-dealkylation sites (tertiary alicyclic amines) is 1. The maximum Gasteiger partial charge on any atom is 0.253 e. The number of pyridine rings is 1. The van der Waals surface area contributed by atoms with Crippen molar-refractivity contribution in [3.05, 3.63) is 66.1 Å². The van der Waals surface area contributed by atoms with Gasteiger partial charge in [-0.15, -0.1) is 36.6 Å². The number of nitrogens with one attached hydrogen (secondary N) is 1. The van der Waals surface area contributed by atoms with E-state index in [1.54, 1.807) is 11.8 Å². The van der Waals surface area contributed by atoms with Crippen molar-refractivity contribution >= 4 is 48.1 Å². The molecule has 0 radical (unpaired) electrons. The van der Waals surface area contributed by atoms with E-state index in [9.17, 15) is 4.79 Å². The first-order valence-corrected chi connectivity index (χ1v) is 10.8. The van der Waals surface area contributed by atoms with Crippen LogP contribution in [0.3, 0.4) is 0 Å². The topological polar surface area (TPSA) is 49.6 Å². The normalized spacial score (nSPS) is 14.2. The molecule has 1 amide bonds. The van der Waals surface area contributed by atoms with Crippen molar-refractivity contribution in [3.63, 3.8) is 0 Å². The van der Waals surface area contributed by atoms with E-state index in [2.05, 4.69) is 16.5 Å². The molecular weight excluding hydrogens is 439 g/mol. The second-order valence-electron chi connectivity index (χ2n) is 7.30. The zero-order chi connectivity index (χ0) is 19.3. The Labute approximate surface area is 194 Å². The van der Waals surface area contributed by atoms with E-state index in [0.29, 0.717) is 5.92 Å². The minimum absolute atomic E-state index is 0. The smallest absolute Gasteiger partial charge is 0.253 e. The standard InChI is InChI=1S/C22H26N4OS.2ClH/c1-23-14-17-9-12-25(13-10-17)22(27)18-5-7-20(8-6-18)28-16-19-15-26-11-3-2-4-21(26)24-19;;/h2-8,11,15,17,23H,9-10,12-14,16H2,1H3;2*1H. The first-order chi connectivity index (χ1) is 13.7. The van der Waals surface area contributed by atoms with Crippen LogP contribution >= 0.6 is 36.6 Å². The predicted molar refractivity (Wildman–Crippen MR) is 128 cm³/mol. The summed E-state index contributed by atoms with van der Waals surface area (Å²) in [6.07, 6.45) is 6.25. The van der Waals surface area contributed by atoms with Gasteiger partial charge in [-0.3, -0.25) is 4.79 Å². The number of halogens is 2. The van der Waals surface area contributed by atoms with Crippen molar-refractivity contribution < 1.29 is 4.79 Å². The van der Waals surface area contributed by atoms with Gasteiger partial charge >= 0.3 is 0 Å². The Kier molecular flexibility index (Phi) is 9.49. The molecule has 3 aromatic rings. The van der Waals surface area contributed by atoms with Crippen LogP contribution in [0.25, 0.3) is 5.65 Å². The fourth-order valence-corrected chi connectivity index (χ4v) is 4.50. The van der Waals surface area contributed by atoms with Crippen LogP contribution in [0, 0.1) is 5.92 Å². The van der Waals surface area contributed by atoms with Crippen molar-refractivity contribution in [1.29, 1.82) is 0 Å². The van der Waals surface area contributed by atoms with Crippen LogP contribution in [0.4, 0.5) is 0 Å². The summed E-state index contributed by atoms with van der Waals surface area (Å²) in [5.41, 5.74) is 2.81. The number of carbonyl (C=O) groups is 1. The molecule has 1 aliphatic rings. The Bertz CT molecular complexity index is 907. The molecule has 3 heterocycles. The first kappa shape index (κ1) is 24.5. The first-order valence-electron chi connectivity index (χ1n) is 9.82. The maximum absolute atomic E-state index is 12.7. The van der Waals surface area contributed by atoms with E-state index < -0.39 is 0 Å². The summed E-state index contributed by atoms with van der Waals surface area (Å²) in [6, 6.07) is 14.0. The van der Waals surface area contributed by atoms with Crippen LogP contribution < -0.4 is 5.32 Å². The van der Waals surface area contributed by atoms with Crippen LogP contribution in [0.5, 0.6) is 0 Å². The Hall–Kier alpha value is -1.73. The number of carbonyl (C=O) groups excluding carboxylic acids is 1. The number of piperidine rings is 1. The van der Waals surface area contributed by atoms with Gasteiger partial charge in [-0.25, -0.2) is 4.98 Å². The summed E-state index contributed by atoms with van der Waals surface area (Å²) in [4.78, 5) is 20.5. The van der Waals surface area contributed by atoms with Crippen LogP contribution in [-0.4, -0.2) is 46.9 Å². The predicted octanol–water partition coefficient (Wildman–Crippen LogP) is 4.54. The molecule has 0 spiro atoms. The minimum atomic E-state index is 0. The number of aromatic nitrogens is 2. The summed E-state index contributed by atoms with van der Waals surface area (Å²) in [6.45, 7) is 2.76. The van der Waals surface area contributed by atoms with Gasteiger partial charge in [0.15, 0.2) is 0 Å². The third kappa shape index (κ3) is 5.91. The molecule has 2 aromatic heterocycles. The molecule has 1 saturated heterocycles. The Morgan fingerprint density at radius 1 is 1.13 bits per heavy atom. The quantitative estimate of drug-likeness (QED) is 0.541. The number of imidazole rings is 1. The van der Waals surface area contributed by atoms with Gasteiger partial charge in [-0.05, 0) is 68.8 Å². The number of hydrogen-bond acceptors (Lipinski definition) is 4. The van der Waals surface area contributed by atoms with Gasteiger partial charge in [0, 0.05) is 41.7 Å². The monoisotopic (exact) mass is 466 g/mol. The van der Waals surface area contributed by atoms with E-state index in [-0.39, 0.29) is 30.7 Å². The summed E-state index contributed by atoms with van der Waals surface area (Å²) in [7, 11) is 1.99. The Morgan fingerprint density at radius 2 is 1.87 bits per heavy atom. The molecule has 0 atom stereocenters. The molecule has 1 N–H and O–H groups in total. The SMILES string of the molecule is CNCC1CCN(C(=O)c2ccc(SCc3cn4ccccc4n3)cc2)CC1.Cl.Cl. The van der Waals surface area contributed by atoms with E-state index >= 15 is 0 Å². The number of hydrogen-bond donors (Lipinski definition) is 1. The lowest BCUT2D eigenvalue weighted by atomic mass is 9.96. The third-order valence-corrected chi connectivity index (χ3v) is 6.34. The van der Waals surface area contributed by atoms with Gasteiger partial charge in [0.05, 0.1) is 5.69 Å². The van der Waals surface area contributed by atoms with Gasteiger partial charge in [-0.1, -0.05) is 6.07 Å². The molecule has 30 heavy (non-hydrogen) atoms. The van der Waals surface area contributed by atoms with Crippen molar-refractivity contribution in [2.45, 2.75) is 23.5 Å². The fraction of sp³-hybridized carbons (Fsp3) is 0.364. The van der Waals surface area contributed by atoms with Gasteiger partial charge < -0.3 is 14.6 Å². The summed E-state index contributed by atoms with van der Waals surface area (Å²) in [5, 5.41) is 3.24. The molecule has 4 rings (SSSR count). The van der Waals surface area contributed by atoms with Crippen molar-refractivity contribution in [3.8, 4) is 0 Å². The number of nitrogens with zero attached hydrogens (tertiary/aromatic N) is 3. The second kappa shape index (κ2) is 11.6. The van der Waals surface area contributed by atoms with Gasteiger partial charge in [0.1, 0.15) is 5.65 Å². The molecule has 0 bridgehead atoms. The average molecular weight is 467 g/mol. The lowest BCUT2D eigenvalue weighted by Gasteiger charge is -2.32. The highest BCUT2D eigenvalue weighted by Gasteiger charge is 2.23. The molecule has 0 aliphatic carbocycles. The van der Waals surface area contributed by atoms with Crippen LogP contribution in [0.15, 0.2) is 59.8 Å². The number of amides is 1. The van der Waals surface area contributed by atoms with Crippen LogP contribution in [0.1, 0.15) is 28.9 Å². The Morgan fingerprint density at radius 3 is 2.53 bits per heavy atom. The van der Waals surface area contributed by atoms with Gasteiger partial charge in [0.25, 0.3) is 5.91 Å². The number of benzene rings is 1. The van der Waals surface area contributed by atoms with E-state index in [0.717, 1.165) is 60.0 Å². The Balaban J connectivity index is 0.00000160. The van der Waals surface area contributed by atoms with Crippen molar-refractivity contribution in [2.75, 3.05) is 26.7 Å². The number of thioether (sulfide) groups is 1. The van der Waals surface area contributed by atoms with E-state index in [1.807, 2.05) is 65.0 Å². The highest BCUT2D eigenvalue weighted by molar-refractivity contribution is 7.98. The van der Waals surface area contributed by atoms with Gasteiger partial charge in [-0.2, -0.15) is 0 Å². The maximum atomic E-state index is 12.7. The molecule has 0 saturated carbocycles. The van der Waals surface area contributed by atoms with Crippen molar-refractivity contribution in [1.82, 2.24) is 19.6 Å². The lowest BCUT2D eigenvalue weighted by molar-refractivity contribution is 0.0691. The molecule has 1 fully saturated rings. The zero-order valence-electron chi connectivity index (χ0n) is 17.0. The highest BCUT2D eigenvalue weighted by Crippen LogP contribution is 2.24. The molecule has 162 valence electrons. The van der Waals surface area contributed by atoms with Crippen LogP contribution in [-0.2, 0) is 5.75 Å². The molecule has 8 heteroatoms. The minimum Gasteiger partial charge on any atom is -0.339 e.